The summed E-state index contributed by atoms with van der Waals surface area (Å²) in [5.41, 5.74) is 2.30. The predicted octanol–water partition coefficient (Wildman–Crippen LogP) is 3.13. The lowest BCUT2D eigenvalue weighted by Crippen LogP contribution is -2.25. The fourth-order valence-corrected chi connectivity index (χ4v) is 3.75. The first kappa shape index (κ1) is 14.0. The van der Waals surface area contributed by atoms with Gasteiger partial charge in [-0.15, -0.1) is 0 Å². The summed E-state index contributed by atoms with van der Waals surface area (Å²) < 4.78 is 12.3. The Labute approximate surface area is 120 Å². The Bertz CT molecular complexity index is 515. The summed E-state index contributed by atoms with van der Waals surface area (Å²) in [5, 5.41) is 0. The Kier molecular flexibility index (Phi) is 3.33. The van der Waals surface area contributed by atoms with Gasteiger partial charge >= 0.3 is 0 Å². The summed E-state index contributed by atoms with van der Waals surface area (Å²) in [6.07, 6.45) is 4.56. The molecule has 0 N–H and O–H groups in total. The van der Waals surface area contributed by atoms with Gasteiger partial charge in [-0.2, -0.15) is 0 Å². The highest BCUT2D eigenvalue weighted by molar-refractivity contribution is 5.26. The van der Waals surface area contributed by atoms with Gasteiger partial charge in [0, 0.05) is 17.8 Å². The number of ether oxygens (including phenoxy) is 2. The fourth-order valence-electron chi connectivity index (χ4n) is 3.75. The summed E-state index contributed by atoms with van der Waals surface area (Å²) in [7, 11) is 0. The third-order valence-electron chi connectivity index (χ3n) is 4.64. The maximum Gasteiger partial charge on any atom is 0.163 e. The zero-order chi connectivity index (χ0) is 14.5. The van der Waals surface area contributed by atoms with E-state index in [2.05, 4.69) is 23.8 Å². The van der Waals surface area contributed by atoms with E-state index in [0.29, 0.717) is 11.8 Å². The molecule has 4 heteroatoms. The zero-order valence-corrected chi connectivity index (χ0v) is 13.0. The minimum atomic E-state index is -0.471. The van der Waals surface area contributed by atoms with Crippen LogP contribution in [0.1, 0.15) is 56.6 Å². The van der Waals surface area contributed by atoms with E-state index < -0.39 is 5.79 Å². The SMILES string of the molecule is CC[C@H]1C[C@@H](c2cnc(C)nc2C)[C@@H]2OC(C)(C)O[C@H]12. The second kappa shape index (κ2) is 4.78. The van der Waals surface area contributed by atoms with Gasteiger partial charge in [-0.05, 0) is 45.6 Å². The molecule has 20 heavy (non-hydrogen) atoms. The van der Waals surface area contributed by atoms with E-state index in [1.807, 2.05) is 27.0 Å². The number of nitrogens with zero attached hydrogens (tertiary/aromatic N) is 2. The molecule has 1 aromatic heterocycles. The molecule has 2 fully saturated rings. The topological polar surface area (TPSA) is 44.2 Å². The molecule has 3 rings (SSSR count). The van der Waals surface area contributed by atoms with Crippen LogP contribution in [0.4, 0.5) is 0 Å². The van der Waals surface area contributed by atoms with Crippen LogP contribution in [0.2, 0.25) is 0 Å². The van der Waals surface area contributed by atoms with Gasteiger partial charge in [0.2, 0.25) is 0 Å². The average Bonchev–Trinajstić information content (AvgIpc) is 2.83. The second-order valence-electron chi connectivity index (χ2n) is 6.53. The van der Waals surface area contributed by atoms with E-state index in [-0.39, 0.29) is 12.2 Å². The second-order valence-corrected chi connectivity index (χ2v) is 6.53. The summed E-state index contributed by atoms with van der Waals surface area (Å²) in [6, 6.07) is 0. The molecule has 4 atom stereocenters. The van der Waals surface area contributed by atoms with Crippen LogP contribution in [0.25, 0.3) is 0 Å². The summed E-state index contributed by atoms with van der Waals surface area (Å²) in [4.78, 5) is 8.89. The van der Waals surface area contributed by atoms with Gasteiger partial charge in [0.05, 0.1) is 12.2 Å². The van der Waals surface area contributed by atoms with Crippen LogP contribution in [0.15, 0.2) is 6.20 Å². The molecule has 1 aliphatic carbocycles. The molecule has 4 nitrogen and oxygen atoms in total. The van der Waals surface area contributed by atoms with Crippen molar-refractivity contribution in [3.63, 3.8) is 0 Å². The van der Waals surface area contributed by atoms with Gasteiger partial charge in [0.15, 0.2) is 5.79 Å². The fraction of sp³-hybridized carbons (Fsp3) is 0.750. The molecule has 1 saturated carbocycles. The van der Waals surface area contributed by atoms with Crippen LogP contribution in [0.3, 0.4) is 0 Å². The zero-order valence-electron chi connectivity index (χ0n) is 13.0. The van der Waals surface area contributed by atoms with Crippen LogP contribution in [-0.2, 0) is 9.47 Å². The Balaban J connectivity index is 1.94. The van der Waals surface area contributed by atoms with Crippen molar-refractivity contribution in [1.29, 1.82) is 0 Å². The van der Waals surface area contributed by atoms with Crippen molar-refractivity contribution in [3.05, 3.63) is 23.3 Å². The maximum absolute atomic E-state index is 6.18. The molecule has 0 spiro atoms. The number of fused-ring (bicyclic) bond motifs is 1. The highest BCUT2D eigenvalue weighted by Gasteiger charge is 2.53. The van der Waals surface area contributed by atoms with Gasteiger partial charge in [-0.1, -0.05) is 13.3 Å². The highest BCUT2D eigenvalue weighted by Crippen LogP contribution is 2.50. The number of hydrogen-bond donors (Lipinski definition) is 0. The summed E-state index contributed by atoms with van der Waals surface area (Å²) in [5.74, 6) is 1.28. The third-order valence-corrected chi connectivity index (χ3v) is 4.64. The van der Waals surface area contributed by atoms with Gasteiger partial charge in [0.25, 0.3) is 0 Å². The predicted molar refractivity (Wildman–Crippen MR) is 76.5 cm³/mol. The van der Waals surface area contributed by atoms with Crippen molar-refractivity contribution in [1.82, 2.24) is 9.97 Å². The van der Waals surface area contributed by atoms with Gasteiger partial charge < -0.3 is 9.47 Å². The molecule has 1 aliphatic heterocycles. The summed E-state index contributed by atoms with van der Waals surface area (Å²) >= 11 is 0. The van der Waals surface area contributed by atoms with Crippen molar-refractivity contribution in [3.8, 4) is 0 Å². The molecule has 0 amide bonds. The van der Waals surface area contributed by atoms with E-state index in [1.165, 1.54) is 5.56 Å². The molecule has 1 saturated heterocycles. The first-order valence-corrected chi connectivity index (χ1v) is 7.57. The smallest absolute Gasteiger partial charge is 0.163 e. The molecule has 1 aromatic rings. The molecule has 110 valence electrons. The highest BCUT2D eigenvalue weighted by atomic mass is 16.8. The van der Waals surface area contributed by atoms with Gasteiger partial charge in [0.1, 0.15) is 5.82 Å². The molecular weight excluding hydrogens is 252 g/mol. The van der Waals surface area contributed by atoms with Crippen LogP contribution in [0.5, 0.6) is 0 Å². The molecule has 2 aliphatic rings. The minimum Gasteiger partial charge on any atom is -0.344 e. The van der Waals surface area contributed by atoms with Crippen molar-refractivity contribution >= 4 is 0 Å². The number of aromatic nitrogens is 2. The lowest BCUT2D eigenvalue weighted by molar-refractivity contribution is -0.158. The Morgan fingerprint density at radius 1 is 1.25 bits per heavy atom. The minimum absolute atomic E-state index is 0.139. The lowest BCUT2D eigenvalue weighted by atomic mass is 9.94. The van der Waals surface area contributed by atoms with Crippen LogP contribution in [0, 0.1) is 19.8 Å². The Hall–Kier alpha value is -1.00. The number of rotatable bonds is 2. The molecule has 2 heterocycles. The van der Waals surface area contributed by atoms with Crippen molar-refractivity contribution in [2.75, 3.05) is 0 Å². The molecule has 0 aromatic carbocycles. The summed E-state index contributed by atoms with van der Waals surface area (Å²) in [6.45, 7) is 10.2. The monoisotopic (exact) mass is 276 g/mol. The van der Waals surface area contributed by atoms with Crippen molar-refractivity contribution < 1.29 is 9.47 Å². The molecule has 0 unspecified atom stereocenters. The first-order valence-electron chi connectivity index (χ1n) is 7.57. The Morgan fingerprint density at radius 2 is 1.95 bits per heavy atom. The van der Waals surface area contributed by atoms with E-state index in [0.717, 1.165) is 24.4 Å². The van der Waals surface area contributed by atoms with Gasteiger partial charge in [-0.3, -0.25) is 0 Å². The van der Waals surface area contributed by atoms with Crippen molar-refractivity contribution in [2.24, 2.45) is 5.92 Å². The maximum atomic E-state index is 6.18. The van der Waals surface area contributed by atoms with Crippen molar-refractivity contribution in [2.45, 2.75) is 71.4 Å². The first-order chi connectivity index (χ1) is 9.41. The average molecular weight is 276 g/mol. The van der Waals surface area contributed by atoms with Crippen LogP contribution < -0.4 is 0 Å². The van der Waals surface area contributed by atoms with E-state index >= 15 is 0 Å². The van der Waals surface area contributed by atoms with E-state index in [9.17, 15) is 0 Å². The van der Waals surface area contributed by atoms with E-state index in [1.54, 1.807) is 0 Å². The number of aryl methyl sites for hydroxylation is 2. The lowest BCUT2D eigenvalue weighted by Gasteiger charge is -2.23. The molecule has 0 radical (unpaired) electrons. The molecular formula is C16H24N2O2. The van der Waals surface area contributed by atoms with E-state index in [4.69, 9.17) is 9.47 Å². The normalized spacial score (nSPS) is 35.2. The quantitative estimate of drug-likeness (QED) is 0.832. The third kappa shape index (κ3) is 2.25. The van der Waals surface area contributed by atoms with Gasteiger partial charge in [-0.25, -0.2) is 9.97 Å². The van der Waals surface area contributed by atoms with Crippen LogP contribution in [-0.4, -0.2) is 28.0 Å². The largest absolute Gasteiger partial charge is 0.344 e. The number of hydrogen-bond acceptors (Lipinski definition) is 4. The molecule has 0 bridgehead atoms. The van der Waals surface area contributed by atoms with Crippen LogP contribution >= 0.6 is 0 Å². The standard InChI is InChI=1S/C16H24N2O2/c1-6-11-7-12(13-8-17-10(3)18-9(13)2)15-14(11)19-16(4,5)20-15/h8,11-12,14-15H,6-7H2,1-5H3/t11-,12-,14+,15-/m0/s1. The Morgan fingerprint density at radius 3 is 2.60 bits per heavy atom.